The van der Waals surface area contributed by atoms with Gasteiger partial charge in [-0.15, -0.1) is 0 Å². The molecule has 0 amide bonds. The topological polar surface area (TPSA) is 77.5 Å². The van der Waals surface area contributed by atoms with Crippen molar-refractivity contribution < 1.29 is 14.2 Å². The van der Waals surface area contributed by atoms with E-state index in [0.29, 0.717) is 23.3 Å². The Hall–Kier alpha value is -3.48. The first-order chi connectivity index (χ1) is 12.7. The van der Waals surface area contributed by atoms with Crippen molar-refractivity contribution in [3.05, 3.63) is 54.7 Å². The lowest BCUT2D eigenvalue weighted by Gasteiger charge is -2.12. The number of benzene rings is 2. The van der Waals surface area contributed by atoms with Crippen LogP contribution < -0.4 is 24.8 Å². The van der Waals surface area contributed by atoms with E-state index in [1.807, 2.05) is 36.4 Å². The monoisotopic (exact) mass is 352 g/mol. The van der Waals surface area contributed by atoms with Gasteiger partial charge in [-0.3, -0.25) is 0 Å². The van der Waals surface area contributed by atoms with Gasteiger partial charge in [0.2, 0.25) is 5.95 Å². The quantitative estimate of drug-likeness (QED) is 0.666. The number of ether oxygens (including phenoxy) is 3. The minimum absolute atomic E-state index is 0.451. The van der Waals surface area contributed by atoms with Gasteiger partial charge in [0.05, 0.1) is 27.0 Å². The van der Waals surface area contributed by atoms with Gasteiger partial charge in [-0.2, -0.15) is 4.98 Å². The molecule has 0 fully saturated rings. The molecule has 0 unspecified atom stereocenters. The van der Waals surface area contributed by atoms with E-state index in [1.54, 1.807) is 39.7 Å². The van der Waals surface area contributed by atoms with E-state index in [1.165, 1.54) is 0 Å². The Morgan fingerprint density at radius 2 is 1.50 bits per heavy atom. The van der Waals surface area contributed by atoms with E-state index in [4.69, 9.17) is 14.2 Å². The molecule has 0 bridgehead atoms. The molecule has 1 aromatic heterocycles. The first-order valence-corrected chi connectivity index (χ1v) is 7.95. The maximum Gasteiger partial charge on any atom is 0.229 e. The predicted molar refractivity (Wildman–Crippen MR) is 101 cm³/mol. The van der Waals surface area contributed by atoms with Gasteiger partial charge in [-0.1, -0.05) is 0 Å². The second-order valence-electron chi connectivity index (χ2n) is 5.31. The van der Waals surface area contributed by atoms with Crippen molar-refractivity contribution in [2.75, 3.05) is 32.0 Å². The highest BCUT2D eigenvalue weighted by Crippen LogP contribution is 2.30. The lowest BCUT2D eigenvalue weighted by atomic mass is 10.2. The van der Waals surface area contributed by atoms with Crippen LogP contribution in [-0.4, -0.2) is 31.3 Å². The Balaban J connectivity index is 1.76. The van der Waals surface area contributed by atoms with Gasteiger partial charge < -0.3 is 24.8 Å². The molecule has 1 heterocycles. The highest BCUT2D eigenvalue weighted by molar-refractivity contribution is 5.65. The number of hydrogen-bond donors (Lipinski definition) is 2. The molecular formula is C19H20N4O3. The van der Waals surface area contributed by atoms with Gasteiger partial charge in [-0.05, 0) is 42.5 Å². The fourth-order valence-electron chi connectivity index (χ4n) is 2.33. The summed E-state index contributed by atoms with van der Waals surface area (Å²) in [5, 5.41) is 6.39. The second kappa shape index (κ2) is 8.06. The summed E-state index contributed by atoms with van der Waals surface area (Å²) < 4.78 is 15.7. The maximum absolute atomic E-state index is 5.38. The molecule has 0 radical (unpaired) electrons. The summed E-state index contributed by atoms with van der Waals surface area (Å²) in [6.07, 6.45) is 1.68. The largest absolute Gasteiger partial charge is 0.497 e. The van der Waals surface area contributed by atoms with E-state index in [9.17, 15) is 0 Å². The van der Waals surface area contributed by atoms with Gasteiger partial charge >= 0.3 is 0 Å². The normalized spacial score (nSPS) is 10.1. The van der Waals surface area contributed by atoms with Crippen LogP contribution in [0.1, 0.15) is 0 Å². The Labute approximate surface area is 152 Å². The first kappa shape index (κ1) is 17.3. The third kappa shape index (κ3) is 4.13. The maximum atomic E-state index is 5.38. The van der Waals surface area contributed by atoms with Crippen molar-refractivity contribution in [1.82, 2.24) is 9.97 Å². The number of anilines is 4. The summed E-state index contributed by atoms with van der Waals surface area (Å²) in [6, 6.07) is 14.9. The minimum atomic E-state index is 0.451. The van der Waals surface area contributed by atoms with Gasteiger partial charge in [0.1, 0.15) is 23.1 Å². The van der Waals surface area contributed by atoms with Crippen LogP contribution in [0.15, 0.2) is 54.7 Å². The van der Waals surface area contributed by atoms with E-state index in [0.717, 1.165) is 17.1 Å². The summed E-state index contributed by atoms with van der Waals surface area (Å²) in [6.45, 7) is 0. The molecule has 7 nitrogen and oxygen atoms in total. The zero-order valence-corrected chi connectivity index (χ0v) is 14.8. The molecule has 2 aromatic carbocycles. The van der Waals surface area contributed by atoms with Gasteiger partial charge in [-0.25, -0.2) is 4.98 Å². The number of nitrogens with zero attached hydrogens (tertiary/aromatic N) is 2. The van der Waals surface area contributed by atoms with Crippen molar-refractivity contribution in [2.24, 2.45) is 0 Å². The molecule has 3 aromatic rings. The summed E-state index contributed by atoms with van der Waals surface area (Å²) >= 11 is 0. The number of nitrogens with one attached hydrogen (secondary N) is 2. The van der Waals surface area contributed by atoms with Crippen LogP contribution in [0.4, 0.5) is 23.1 Å². The zero-order valence-electron chi connectivity index (χ0n) is 14.8. The van der Waals surface area contributed by atoms with E-state index in [2.05, 4.69) is 20.6 Å². The highest BCUT2D eigenvalue weighted by atomic mass is 16.5. The third-order valence-electron chi connectivity index (χ3n) is 3.67. The summed E-state index contributed by atoms with van der Waals surface area (Å²) in [5.74, 6) is 3.27. The Bertz CT molecular complexity index is 869. The predicted octanol–water partition coefficient (Wildman–Crippen LogP) is 3.99. The van der Waals surface area contributed by atoms with Crippen molar-refractivity contribution in [1.29, 1.82) is 0 Å². The van der Waals surface area contributed by atoms with Crippen molar-refractivity contribution >= 4 is 23.1 Å². The Morgan fingerprint density at radius 1 is 0.769 bits per heavy atom. The van der Waals surface area contributed by atoms with Crippen molar-refractivity contribution in [3.63, 3.8) is 0 Å². The smallest absolute Gasteiger partial charge is 0.229 e. The fourth-order valence-corrected chi connectivity index (χ4v) is 2.33. The SMILES string of the molecule is COc1ccc(Nc2ccnc(Nc3ccc(OC)cc3OC)n2)cc1. The molecule has 0 saturated carbocycles. The second-order valence-corrected chi connectivity index (χ2v) is 5.31. The lowest BCUT2D eigenvalue weighted by Crippen LogP contribution is -2.02. The molecule has 0 aliphatic heterocycles. The number of aromatic nitrogens is 2. The zero-order chi connectivity index (χ0) is 18.4. The molecule has 0 aliphatic rings. The van der Waals surface area contributed by atoms with Crippen LogP contribution in [0, 0.1) is 0 Å². The molecule has 2 N–H and O–H groups in total. The van der Waals surface area contributed by atoms with Gasteiger partial charge in [0.25, 0.3) is 0 Å². The molecule has 26 heavy (non-hydrogen) atoms. The average Bonchev–Trinajstić information content (AvgIpc) is 2.69. The summed E-state index contributed by atoms with van der Waals surface area (Å²) in [7, 11) is 4.85. The average molecular weight is 352 g/mol. The number of hydrogen-bond acceptors (Lipinski definition) is 7. The molecular weight excluding hydrogens is 332 g/mol. The van der Waals surface area contributed by atoms with Crippen LogP contribution >= 0.6 is 0 Å². The number of methoxy groups -OCH3 is 3. The van der Waals surface area contributed by atoms with Crippen molar-refractivity contribution in [2.45, 2.75) is 0 Å². The minimum Gasteiger partial charge on any atom is -0.497 e. The molecule has 3 rings (SSSR count). The fraction of sp³-hybridized carbons (Fsp3) is 0.158. The Kier molecular flexibility index (Phi) is 5.38. The third-order valence-corrected chi connectivity index (χ3v) is 3.67. The molecule has 134 valence electrons. The molecule has 0 spiro atoms. The van der Waals surface area contributed by atoms with Crippen LogP contribution in [0.3, 0.4) is 0 Å². The lowest BCUT2D eigenvalue weighted by molar-refractivity contribution is 0.395. The van der Waals surface area contributed by atoms with E-state index >= 15 is 0 Å². The van der Waals surface area contributed by atoms with Gasteiger partial charge in [0.15, 0.2) is 0 Å². The standard InChI is InChI=1S/C19H20N4O3/c1-24-14-6-4-13(5-7-14)21-18-10-11-20-19(23-18)22-16-9-8-15(25-2)12-17(16)26-3/h4-12H,1-3H3,(H2,20,21,22,23). The first-order valence-electron chi connectivity index (χ1n) is 7.95. The van der Waals surface area contributed by atoms with Gasteiger partial charge in [0, 0.05) is 18.0 Å². The van der Waals surface area contributed by atoms with E-state index in [-0.39, 0.29) is 0 Å². The number of rotatable bonds is 7. The molecule has 0 atom stereocenters. The van der Waals surface area contributed by atoms with Crippen LogP contribution in [-0.2, 0) is 0 Å². The van der Waals surface area contributed by atoms with Crippen LogP contribution in [0.25, 0.3) is 0 Å². The van der Waals surface area contributed by atoms with Crippen molar-refractivity contribution in [3.8, 4) is 17.2 Å². The summed E-state index contributed by atoms with van der Waals surface area (Å²) in [5.41, 5.74) is 1.65. The summed E-state index contributed by atoms with van der Waals surface area (Å²) in [4.78, 5) is 8.73. The van der Waals surface area contributed by atoms with E-state index < -0.39 is 0 Å². The Morgan fingerprint density at radius 3 is 2.19 bits per heavy atom. The highest BCUT2D eigenvalue weighted by Gasteiger charge is 2.07. The van der Waals surface area contributed by atoms with Crippen LogP contribution in [0.2, 0.25) is 0 Å². The molecule has 0 aliphatic carbocycles. The van der Waals surface area contributed by atoms with Crippen LogP contribution in [0.5, 0.6) is 17.2 Å². The molecule has 7 heteroatoms. The molecule has 0 saturated heterocycles.